The molecular weight excluding hydrogens is 288 g/mol. The predicted octanol–water partition coefficient (Wildman–Crippen LogP) is 2.26. The summed E-state index contributed by atoms with van der Waals surface area (Å²) in [5, 5.41) is 3.26. The van der Waals surface area contributed by atoms with E-state index in [2.05, 4.69) is 5.32 Å². The molecule has 4 nitrogen and oxygen atoms in total. The monoisotopic (exact) mass is 312 g/mol. The van der Waals surface area contributed by atoms with Crippen molar-refractivity contribution in [3.05, 3.63) is 29.8 Å². The summed E-state index contributed by atoms with van der Waals surface area (Å²) in [6.07, 6.45) is 2.71. The average molecular weight is 313 g/mol. The van der Waals surface area contributed by atoms with Gasteiger partial charge in [-0.05, 0) is 44.5 Å². The lowest BCUT2D eigenvalue weighted by molar-refractivity contribution is -0.131. The van der Waals surface area contributed by atoms with Crippen LogP contribution in [-0.2, 0) is 11.2 Å². The zero-order chi connectivity index (χ0) is 14.4. The number of carbonyl (C=O) groups is 1. The summed E-state index contributed by atoms with van der Waals surface area (Å²) in [5.41, 5.74) is 1.05. The van der Waals surface area contributed by atoms with Gasteiger partial charge in [-0.2, -0.15) is 0 Å². The molecule has 1 N–H and O–H groups in total. The fourth-order valence-corrected chi connectivity index (χ4v) is 2.60. The quantitative estimate of drug-likeness (QED) is 0.907. The maximum absolute atomic E-state index is 12.3. The molecule has 1 aromatic rings. The Labute approximate surface area is 133 Å². The van der Waals surface area contributed by atoms with Crippen LogP contribution in [0.15, 0.2) is 24.3 Å². The predicted molar refractivity (Wildman–Crippen MR) is 87.2 cm³/mol. The Morgan fingerprint density at radius 1 is 1.38 bits per heavy atom. The number of hydrogen-bond donors (Lipinski definition) is 1. The van der Waals surface area contributed by atoms with Crippen LogP contribution in [0.1, 0.15) is 25.3 Å². The smallest absolute Gasteiger partial charge is 0.227 e. The molecule has 0 aliphatic carbocycles. The standard InChI is InChI=1S/C16H24N2O2.ClH/c1-3-20-15-8-6-13(7-9-15)11-16(19)18-10-4-5-14(12-18)17-2;/h6-9,14,17H,3-5,10-12H2,1-2H3;1H. The summed E-state index contributed by atoms with van der Waals surface area (Å²) >= 11 is 0. The Morgan fingerprint density at radius 2 is 2.10 bits per heavy atom. The van der Waals surface area contributed by atoms with E-state index in [0.717, 1.165) is 37.2 Å². The number of amides is 1. The van der Waals surface area contributed by atoms with Gasteiger partial charge in [0.25, 0.3) is 0 Å². The molecule has 1 fully saturated rings. The zero-order valence-electron chi connectivity index (χ0n) is 12.8. The summed E-state index contributed by atoms with van der Waals surface area (Å²) < 4.78 is 5.41. The van der Waals surface area contributed by atoms with E-state index in [1.54, 1.807) is 0 Å². The van der Waals surface area contributed by atoms with Crippen molar-refractivity contribution in [2.75, 3.05) is 26.7 Å². The Hall–Kier alpha value is -1.26. The minimum absolute atomic E-state index is 0. The van der Waals surface area contributed by atoms with Gasteiger partial charge in [0.1, 0.15) is 5.75 Å². The fourth-order valence-electron chi connectivity index (χ4n) is 2.60. The van der Waals surface area contributed by atoms with Gasteiger partial charge < -0.3 is 15.0 Å². The van der Waals surface area contributed by atoms with Gasteiger partial charge in [-0.1, -0.05) is 12.1 Å². The van der Waals surface area contributed by atoms with Crippen molar-refractivity contribution in [3.8, 4) is 5.75 Å². The largest absolute Gasteiger partial charge is 0.494 e. The van der Waals surface area contributed by atoms with E-state index in [9.17, 15) is 4.79 Å². The molecule has 0 saturated carbocycles. The molecule has 2 rings (SSSR count). The van der Waals surface area contributed by atoms with Crippen molar-refractivity contribution < 1.29 is 9.53 Å². The van der Waals surface area contributed by atoms with Gasteiger partial charge in [0.2, 0.25) is 5.91 Å². The van der Waals surface area contributed by atoms with Crippen molar-refractivity contribution in [2.45, 2.75) is 32.2 Å². The van der Waals surface area contributed by atoms with Crippen molar-refractivity contribution in [1.82, 2.24) is 10.2 Å². The lowest BCUT2D eigenvalue weighted by atomic mass is 10.0. The van der Waals surface area contributed by atoms with Gasteiger partial charge in [-0.15, -0.1) is 12.4 Å². The van der Waals surface area contributed by atoms with Crippen LogP contribution >= 0.6 is 12.4 Å². The first-order valence-electron chi connectivity index (χ1n) is 7.39. The first-order valence-corrected chi connectivity index (χ1v) is 7.39. The third kappa shape index (κ3) is 5.21. The van der Waals surface area contributed by atoms with E-state index in [0.29, 0.717) is 19.1 Å². The summed E-state index contributed by atoms with van der Waals surface area (Å²) in [5.74, 6) is 1.08. The van der Waals surface area contributed by atoms with Gasteiger partial charge >= 0.3 is 0 Å². The molecule has 1 aliphatic rings. The normalized spacial score (nSPS) is 18.0. The molecule has 21 heavy (non-hydrogen) atoms. The Morgan fingerprint density at radius 3 is 2.71 bits per heavy atom. The molecule has 1 aromatic carbocycles. The first-order chi connectivity index (χ1) is 9.72. The highest BCUT2D eigenvalue weighted by Crippen LogP contribution is 2.15. The SMILES string of the molecule is CCOc1ccc(CC(=O)N2CCCC(NC)C2)cc1.Cl. The first kappa shape index (κ1) is 17.8. The van der Waals surface area contributed by atoms with E-state index in [-0.39, 0.29) is 18.3 Å². The maximum atomic E-state index is 12.3. The van der Waals surface area contributed by atoms with Gasteiger partial charge in [0, 0.05) is 19.1 Å². The number of nitrogens with one attached hydrogen (secondary N) is 1. The van der Waals surface area contributed by atoms with E-state index in [1.165, 1.54) is 0 Å². The fraction of sp³-hybridized carbons (Fsp3) is 0.562. The van der Waals surface area contributed by atoms with E-state index in [4.69, 9.17) is 4.74 Å². The van der Waals surface area contributed by atoms with Crippen LogP contribution in [-0.4, -0.2) is 43.6 Å². The number of benzene rings is 1. The number of hydrogen-bond acceptors (Lipinski definition) is 3. The molecule has 1 unspecified atom stereocenters. The summed E-state index contributed by atoms with van der Waals surface area (Å²) in [7, 11) is 1.96. The molecule has 1 heterocycles. The lowest BCUT2D eigenvalue weighted by Crippen LogP contribution is -2.47. The summed E-state index contributed by atoms with van der Waals surface area (Å²) in [6, 6.07) is 8.25. The number of carbonyl (C=O) groups excluding carboxylic acids is 1. The molecule has 118 valence electrons. The van der Waals surface area contributed by atoms with Crippen LogP contribution in [0.5, 0.6) is 5.75 Å². The molecule has 0 bridgehead atoms. The van der Waals surface area contributed by atoms with E-state index in [1.807, 2.05) is 43.1 Å². The van der Waals surface area contributed by atoms with Crippen LogP contribution < -0.4 is 10.1 Å². The zero-order valence-corrected chi connectivity index (χ0v) is 13.6. The van der Waals surface area contributed by atoms with Crippen LogP contribution in [0, 0.1) is 0 Å². The Bertz CT molecular complexity index is 436. The van der Waals surface area contributed by atoms with Gasteiger partial charge in [0.15, 0.2) is 0 Å². The van der Waals surface area contributed by atoms with Crippen LogP contribution in [0.25, 0.3) is 0 Å². The molecule has 1 saturated heterocycles. The highest BCUT2D eigenvalue weighted by molar-refractivity contribution is 5.85. The number of likely N-dealkylation sites (tertiary alicyclic amines) is 1. The molecule has 0 radical (unpaired) electrons. The number of nitrogens with zero attached hydrogens (tertiary/aromatic N) is 1. The molecule has 5 heteroatoms. The maximum Gasteiger partial charge on any atom is 0.227 e. The van der Waals surface area contributed by atoms with Crippen LogP contribution in [0.2, 0.25) is 0 Å². The molecule has 1 aliphatic heterocycles. The number of halogens is 1. The van der Waals surface area contributed by atoms with Crippen molar-refractivity contribution in [3.63, 3.8) is 0 Å². The number of piperidine rings is 1. The summed E-state index contributed by atoms with van der Waals surface area (Å²) in [6.45, 7) is 4.34. The van der Waals surface area contributed by atoms with E-state index >= 15 is 0 Å². The van der Waals surface area contributed by atoms with Gasteiger partial charge in [-0.25, -0.2) is 0 Å². The molecule has 1 amide bonds. The molecule has 0 spiro atoms. The minimum atomic E-state index is 0. The second-order valence-electron chi connectivity index (χ2n) is 5.22. The molecular formula is C16H25ClN2O2. The Kier molecular flexibility index (Phi) is 7.54. The second kappa shape index (κ2) is 8.90. The molecule has 1 atom stereocenters. The molecule has 0 aromatic heterocycles. The van der Waals surface area contributed by atoms with Crippen LogP contribution in [0.3, 0.4) is 0 Å². The number of likely N-dealkylation sites (N-methyl/N-ethyl adjacent to an activating group) is 1. The Balaban J connectivity index is 0.00000220. The minimum Gasteiger partial charge on any atom is -0.494 e. The average Bonchev–Trinajstić information content (AvgIpc) is 2.49. The number of ether oxygens (including phenoxy) is 1. The highest BCUT2D eigenvalue weighted by atomic mass is 35.5. The third-order valence-electron chi connectivity index (χ3n) is 3.77. The van der Waals surface area contributed by atoms with Crippen LogP contribution in [0.4, 0.5) is 0 Å². The van der Waals surface area contributed by atoms with Gasteiger partial charge in [-0.3, -0.25) is 4.79 Å². The van der Waals surface area contributed by atoms with Crippen molar-refractivity contribution >= 4 is 18.3 Å². The topological polar surface area (TPSA) is 41.6 Å². The third-order valence-corrected chi connectivity index (χ3v) is 3.77. The number of rotatable bonds is 5. The van der Waals surface area contributed by atoms with Crippen molar-refractivity contribution in [1.29, 1.82) is 0 Å². The lowest BCUT2D eigenvalue weighted by Gasteiger charge is -2.32. The highest BCUT2D eigenvalue weighted by Gasteiger charge is 2.22. The summed E-state index contributed by atoms with van der Waals surface area (Å²) in [4.78, 5) is 14.3. The van der Waals surface area contributed by atoms with Crippen molar-refractivity contribution in [2.24, 2.45) is 0 Å². The van der Waals surface area contributed by atoms with E-state index < -0.39 is 0 Å². The van der Waals surface area contributed by atoms with Gasteiger partial charge in [0.05, 0.1) is 13.0 Å². The second-order valence-corrected chi connectivity index (χ2v) is 5.22.